The molecule has 1 aromatic rings. The molecule has 1 saturated heterocycles. The first-order valence-electron chi connectivity index (χ1n) is 9.49. The number of nitrogens with zero attached hydrogens (tertiary/aromatic N) is 2. The first-order chi connectivity index (χ1) is 12.4. The molecule has 0 spiro atoms. The molecule has 6 nitrogen and oxygen atoms in total. The molecule has 1 fully saturated rings. The summed E-state index contributed by atoms with van der Waals surface area (Å²) in [6.45, 7) is 6.29. The number of anilines is 1. The molecule has 0 saturated carbocycles. The van der Waals surface area contributed by atoms with Crippen molar-refractivity contribution in [3.05, 3.63) is 29.3 Å². The molecular formula is C20H31N3O3. The van der Waals surface area contributed by atoms with Gasteiger partial charge in [0.05, 0.1) is 13.1 Å². The van der Waals surface area contributed by atoms with Gasteiger partial charge in [-0.3, -0.25) is 19.4 Å². The summed E-state index contributed by atoms with van der Waals surface area (Å²) in [4.78, 5) is 27.4. The van der Waals surface area contributed by atoms with Gasteiger partial charge in [-0.25, -0.2) is 0 Å². The van der Waals surface area contributed by atoms with Crippen LogP contribution in [0.3, 0.4) is 0 Å². The van der Waals surface area contributed by atoms with E-state index in [0.29, 0.717) is 6.54 Å². The third-order valence-corrected chi connectivity index (χ3v) is 5.20. The second-order valence-electron chi connectivity index (χ2n) is 7.02. The van der Waals surface area contributed by atoms with Gasteiger partial charge in [-0.1, -0.05) is 32.0 Å². The number of hydrogen-bond acceptors (Lipinski definition) is 4. The van der Waals surface area contributed by atoms with E-state index in [9.17, 15) is 9.59 Å². The average Bonchev–Trinajstić information content (AvgIpc) is 2.61. The van der Waals surface area contributed by atoms with Crippen LogP contribution < -0.4 is 5.32 Å². The lowest BCUT2D eigenvalue weighted by Gasteiger charge is -2.35. The van der Waals surface area contributed by atoms with E-state index in [1.54, 1.807) is 0 Å². The SMILES string of the molecule is CCc1cccc(CC)c1NC(=O)CN1CCC(N(C)CC(=O)O)CC1. The number of piperidine rings is 1. The number of aryl methyl sites for hydroxylation is 2. The molecule has 0 atom stereocenters. The number of hydrogen-bond donors (Lipinski definition) is 2. The Balaban J connectivity index is 1.87. The average molecular weight is 361 g/mol. The number of carboxylic acids is 1. The second-order valence-corrected chi connectivity index (χ2v) is 7.02. The Morgan fingerprint density at radius 2 is 1.77 bits per heavy atom. The lowest BCUT2D eigenvalue weighted by atomic mass is 10.0. The van der Waals surface area contributed by atoms with Crippen molar-refractivity contribution in [1.29, 1.82) is 0 Å². The molecule has 0 unspecified atom stereocenters. The summed E-state index contributed by atoms with van der Waals surface area (Å²) in [6.07, 6.45) is 3.57. The van der Waals surface area contributed by atoms with Crippen LogP contribution >= 0.6 is 0 Å². The van der Waals surface area contributed by atoms with E-state index in [0.717, 1.165) is 44.5 Å². The Kier molecular flexibility index (Phi) is 7.60. The third kappa shape index (κ3) is 5.54. The van der Waals surface area contributed by atoms with Gasteiger partial charge in [-0.05, 0) is 43.9 Å². The number of carboxylic acid groups (broad SMARTS) is 1. The number of carbonyl (C=O) groups excluding carboxylic acids is 1. The van der Waals surface area contributed by atoms with Crippen LogP contribution in [0.2, 0.25) is 0 Å². The fourth-order valence-corrected chi connectivity index (χ4v) is 3.65. The largest absolute Gasteiger partial charge is 0.480 e. The summed E-state index contributed by atoms with van der Waals surface area (Å²) in [5.41, 5.74) is 3.32. The molecule has 0 bridgehead atoms. The van der Waals surface area contributed by atoms with Crippen molar-refractivity contribution < 1.29 is 14.7 Å². The minimum absolute atomic E-state index is 0.0259. The number of likely N-dealkylation sites (tertiary alicyclic amines) is 1. The molecular weight excluding hydrogens is 330 g/mol. The van der Waals surface area contributed by atoms with Crippen LogP contribution in [-0.4, -0.2) is 66.1 Å². The smallest absolute Gasteiger partial charge is 0.317 e. The normalized spacial score (nSPS) is 16.0. The number of carbonyl (C=O) groups is 2. The molecule has 1 aliphatic rings. The number of rotatable bonds is 8. The molecule has 0 aliphatic carbocycles. The van der Waals surface area contributed by atoms with Gasteiger partial charge in [-0.15, -0.1) is 0 Å². The van der Waals surface area contributed by atoms with Gasteiger partial charge >= 0.3 is 5.97 Å². The number of para-hydroxylation sites is 1. The molecule has 2 rings (SSSR count). The van der Waals surface area contributed by atoms with Crippen molar-refractivity contribution in [2.75, 3.05) is 38.5 Å². The van der Waals surface area contributed by atoms with E-state index in [2.05, 4.69) is 36.2 Å². The van der Waals surface area contributed by atoms with E-state index >= 15 is 0 Å². The van der Waals surface area contributed by atoms with Crippen LogP contribution in [0, 0.1) is 0 Å². The quantitative estimate of drug-likeness (QED) is 0.743. The predicted molar refractivity (Wildman–Crippen MR) is 104 cm³/mol. The van der Waals surface area contributed by atoms with Crippen LogP contribution in [-0.2, 0) is 22.4 Å². The standard InChI is InChI=1S/C20H31N3O3/c1-4-15-7-6-8-16(5-2)20(15)21-18(24)13-23-11-9-17(10-12-23)22(3)14-19(25)26/h6-8,17H,4-5,9-14H2,1-3H3,(H,21,24)(H,25,26). The summed E-state index contributed by atoms with van der Waals surface area (Å²) in [5.74, 6) is -0.770. The van der Waals surface area contributed by atoms with E-state index in [1.165, 1.54) is 11.1 Å². The van der Waals surface area contributed by atoms with Crippen molar-refractivity contribution in [2.45, 2.75) is 45.6 Å². The highest BCUT2D eigenvalue weighted by Gasteiger charge is 2.24. The summed E-state index contributed by atoms with van der Waals surface area (Å²) in [7, 11) is 1.86. The van der Waals surface area contributed by atoms with E-state index < -0.39 is 5.97 Å². The molecule has 1 amide bonds. The molecule has 144 valence electrons. The minimum atomic E-state index is -0.796. The molecule has 0 radical (unpaired) electrons. The molecule has 6 heteroatoms. The molecule has 1 heterocycles. The van der Waals surface area contributed by atoms with E-state index in [-0.39, 0.29) is 18.5 Å². The zero-order chi connectivity index (χ0) is 19.1. The number of nitrogens with one attached hydrogen (secondary N) is 1. The van der Waals surface area contributed by atoms with Crippen LogP contribution in [0.25, 0.3) is 0 Å². The van der Waals surface area contributed by atoms with Crippen LogP contribution in [0.5, 0.6) is 0 Å². The van der Waals surface area contributed by atoms with Crippen LogP contribution in [0.15, 0.2) is 18.2 Å². The zero-order valence-electron chi connectivity index (χ0n) is 16.1. The fourth-order valence-electron chi connectivity index (χ4n) is 3.65. The van der Waals surface area contributed by atoms with Crippen molar-refractivity contribution >= 4 is 17.6 Å². The topological polar surface area (TPSA) is 72.9 Å². The number of benzene rings is 1. The maximum absolute atomic E-state index is 12.5. The monoisotopic (exact) mass is 361 g/mol. The number of aliphatic carboxylic acids is 1. The molecule has 1 aliphatic heterocycles. The zero-order valence-corrected chi connectivity index (χ0v) is 16.1. The summed E-state index contributed by atoms with van der Waals surface area (Å²) in [6, 6.07) is 6.46. The fraction of sp³-hybridized carbons (Fsp3) is 0.600. The Morgan fingerprint density at radius 3 is 2.27 bits per heavy atom. The minimum Gasteiger partial charge on any atom is -0.480 e. The molecule has 2 N–H and O–H groups in total. The highest BCUT2D eigenvalue weighted by atomic mass is 16.4. The number of likely N-dealkylation sites (N-methyl/N-ethyl adjacent to an activating group) is 1. The van der Waals surface area contributed by atoms with Crippen molar-refractivity contribution in [3.63, 3.8) is 0 Å². The van der Waals surface area contributed by atoms with Crippen molar-refractivity contribution in [2.24, 2.45) is 0 Å². The Bertz CT molecular complexity index is 602. The summed E-state index contributed by atoms with van der Waals surface area (Å²) < 4.78 is 0. The maximum Gasteiger partial charge on any atom is 0.317 e. The van der Waals surface area contributed by atoms with Gasteiger partial charge in [0.2, 0.25) is 5.91 Å². The lowest BCUT2D eigenvalue weighted by molar-refractivity contribution is -0.138. The van der Waals surface area contributed by atoms with E-state index in [1.807, 2.05) is 18.0 Å². The Morgan fingerprint density at radius 1 is 1.19 bits per heavy atom. The van der Waals surface area contributed by atoms with E-state index in [4.69, 9.17) is 5.11 Å². The maximum atomic E-state index is 12.5. The summed E-state index contributed by atoms with van der Waals surface area (Å²) in [5, 5.41) is 12.0. The van der Waals surface area contributed by atoms with Gasteiger partial charge in [0.25, 0.3) is 0 Å². The third-order valence-electron chi connectivity index (χ3n) is 5.20. The first-order valence-corrected chi connectivity index (χ1v) is 9.49. The predicted octanol–water partition coefficient (Wildman–Crippen LogP) is 2.23. The highest BCUT2D eigenvalue weighted by Crippen LogP contribution is 2.23. The van der Waals surface area contributed by atoms with Crippen LogP contribution in [0.1, 0.15) is 37.8 Å². The van der Waals surface area contributed by atoms with Gasteiger partial charge in [0, 0.05) is 24.8 Å². The lowest BCUT2D eigenvalue weighted by Crippen LogP contribution is -2.46. The summed E-state index contributed by atoms with van der Waals surface area (Å²) >= 11 is 0. The van der Waals surface area contributed by atoms with Gasteiger partial charge in [0.15, 0.2) is 0 Å². The Hall–Kier alpha value is -1.92. The van der Waals surface area contributed by atoms with Crippen LogP contribution in [0.4, 0.5) is 5.69 Å². The van der Waals surface area contributed by atoms with Crippen molar-refractivity contribution in [3.8, 4) is 0 Å². The molecule has 26 heavy (non-hydrogen) atoms. The first kappa shape index (κ1) is 20.4. The second kappa shape index (κ2) is 9.69. The van der Waals surface area contributed by atoms with Gasteiger partial charge < -0.3 is 10.4 Å². The molecule has 1 aromatic carbocycles. The Labute approximate surface area is 156 Å². The van der Waals surface area contributed by atoms with Crippen molar-refractivity contribution in [1.82, 2.24) is 9.80 Å². The molecule has 0 aromatic heterocycles. The highest BCUT2D eigenvalue weighted by molar-refractivity contribution is 5.93. The number of amides is 1. The van der Waals surface area contributed by atoms with Gasteiger partial charge in [0.1, 0.15) is 0 Å². The van der Waals surface area contributed by atoms with Gasteiger partial charge in [-0.2, -0.15) is 0 Å².